The standard InChI is InChI=1S/C15H15N3OS/c16-10-11-9-15(17-12-5-7-20(19)8-6-12)18-14-4-2-1-3-13(11)14/h1-4,9,12H,5-8H2,(H,17,18). The third kappa shape index (κ3) is 2.66. The predicted octanol–water partition coefficient (Wildman–Crippen LogP) is 2.43. The van der Waals surface area contributed by atoms with Gasteiger partial charge >= 0.3 is 0 Å². The largest absolute Gasteiger partial charge is 0.367 e. The van der Waals surface area contributed by atoms with Crippen LogP contribution in [-0.2, 0) is 10.8 Å². The van der Waals surface area contributed by atoms with Gasteiger partial charge in [-0.25, -0.2) is 4.98 Å². The van der Waals surface area contributed by atoms with Crippen molar-refractivity contribution >= 4 is 27.5 Å². The van der Waals surface area contributed by atoms with Crippen molar-refractivity contribution in [2.45, 2.75) is 18.9 Å². The van der Waals surface area contributed by atoms with Gasteiger partial charge < -0.3 is 5.32 Å². The lowest BCUT2D eigenvalue weighted by Gasteiger charge is -2.23. The Labute approximate surface area is 120 Å². The second-order valence-corrected chi connectivity index (χ2v) is 6.65. The summed E-state index contributed by atoms with van der Waals surface area (Å²) in [6.07, 6.45) is 1.78. The molecule has 1 N–H and O–H groups in total. The highest BCUT2D eigenvalue weighted by Crippen LogP contribution is 2.22. The third-order valence-corrected chi connectivity index (χ3v) is 4.96. The number of nitriles is 1. The lowest BCUT2D eigenvalue weighted by Crippen LogP contribution is -2.29. The number of anilines is 1. The molecule has 3 rings (SSSR count). The van der Waals surface area contributed by atoms with Crippen molar-refractivity contribution in [3.8, 4) is 6.07 Å². The van der Waals surface area contributed by atoms with Crippen LogP contribution in [0.2, 0.25) is 0 Å². The Morgan fingerprint density at radius 2 is 2.05 bits per heavy atom. The van der Waals surface area contributed by atoms with E-state index >= 15 is 0 Å². The molecule has 0 aliphatic carbocycles. The van der Waals surface area contributed by atoms with Gasteiger partial charge in [-0.1, -0.05) is 18.2 Å². The number of pyridine rings is 1. The number of para-hydroxylation sites is 1. The van der Waals surface area contributed by atoms with Crippen molar-refractivity contribution in [2.75, 3.05) is 16.8 Å². The normalized spacial score (nSPS) is 22.4. The van der Waals surface area contributed by atoms with E-state index in [1.165, 1.54) is 0 Å². The Kier molecular flexibility index (Phi) is 3.66. The molecule has 1 aliphatic heterocycles. The number of benzene rings is 1. The molecule has 1 saturated heterocycles. The van der Waals surface area contributed by atoms with Gasteiger partial charge in [0.25, 0.3) is 0 Å². The van der Waals surface area contributed by atoms with E-state index in [-0.39, 0.29) is 0 Å². The molecule has 1 aliphatic rings. The maximum absolute atomic E-state index is 11.4. The molecular formula is C15H15N3OS. The fraction of sp³-hybridized carbons (Fsp3) is 0.333. The second-order valence-electron chi connectivity index (χ2n) is 4.95. The molecule has 0 spiro atoms. The summed E-state index contributed by atoms with van der Waals surface area (Å²) < 4.78 is 11.4. The molecule has 102 valence electrons. The van der Waals surface area contributed by atoms with Gasteiger partial charge in [-0.15, -0.1) is 0 Å². The van der Waals surface area contributed by atoms with Gasteiger partial charge in [0.1, 0.15) is 5.82 Å². The topological polar surface area (TPSA) is 65.8 Å². The van der Waals surface area contributed by atoms with Crippen LogP contribution in [0.5, 0.6) is 0 Å². The van der Waals surface area contributed by atoms with Gasteiger partial charge in [0.2, 0.25) is 0 Å². The van der Waals surface area contributed by atoms with Gasteiger partial charge in [0, 0.05) is 33.7 Å². The van der Waals surface area contributed by atoms with Crippen LogP contribution < -0.4 is 5.32 Å². The van der Waals surface area contributed by atoms with Crippen LogP contribution >= 0.6 is 0 Å². The minimum Gasteiger partial charge on any atom is -0.367 e. The van der Waals surface area contributed by atoms with Crippen molar-refractivity contribution in [3.63, 3.8) is 0 Å². The van der Waals surface area contributed by atoms with Gasteiger partial charge in [0.15, 0.2) is 0 Å². The van der Waals surface area contributed by atoms with Crippen LogP contribution in [0.3, 0.4) is 0 Å². The van der Waals surface area contributed by atoms with E-state index in [9.17, 15) is 9.47 Å². The van der Waals surface area contributed by atoms with E-state index < -0.39 is 10.8 Å². The molecule has 0 amide bonds. The fourth-order valence-corrected chi connectivity index (χ4v) is 3.79. The summed E-state index contributed by atoms with van der Waals surface area (Å²) >= 11 is 0. The van der Waals surface area contributed by atoms with Gasteiger partial charge in [-0.2, -0.15) is 5.26 Å². The highest BCUT2D eigenvalue weighted by molar-refractivity contribution is 7.85. The first-order valence-corrected chi connectivity index (χ1v) is 8.16. The van der Waals surface area contributed by atoms with Crippen molar-refractivity contribution in [2.24, 2.45) is 0 Å². The zero-order valence-corrected chi connectivity index (χ0v) is 11.8. The minimum absolute atomic E-state index is 0.299. The maximum Gasteiger partial charge on any atom is 0.128 e. The SMILES string of the molecule is N#Cc1cc(NC2CCS(=O)CC2)nc2ccccc12. The zero-order valence-electron chi connectivity index (χ0n) is 11.0. The number of nitrogens with one attached hydrogen (secondary N) is 1. The molecule has 5 heteroatoms. The average Bonchev–Trinajstić information content (AvgIpc) is 2.49. The Balaban J connectivity index is 1.89. The van der Waals surface area contributed by atoms with Crippen LogP contribution in [0.15, 0.2) is 30.3 Å². The van der Waals surface area contributed by atoms with E-state index in [1.807, 2.05) is 24.3 Å². The summed E-state index contributed by atoms with van der Waals surface area (Å²) in [5.41, 5.74) is 1.46. The van der Waals surface area contributed by atoms with Crippen LogP contribution in [0.1, 0.15) is 18.4 Å². The number of aromatic nitrogens is 1. The number of hydrogen-bond donors (Lipinski definition) is 1. The maximum atomic E-state index is 11.4. The Hall–Kier alpha value is -1.93. The molecule has 0 atom stereocenters. The van der Waals surface area contributed by atoms with E-state index in [4.69, 9.17) is 0 Å². The number of nitrogens with zero attached hydrogens (tertiary/aromatic N) is 2. The molecule has 0 unspecified atom stereocenters. The molecule has 20 heavy (non-hydrogen) atoms. The highest BCUT2D eigenvalue weighted by Gasteiger charge is 2.18. The summed E-state index contributed by atoms with van der Waals surface area (Å²) in [7, 11) is -0.660. The summed E-state index contributed by atoms with van der Waals surface area (Å²) in [5.74, 6) is 2.23. The Bertz CT molecular complexity index is 698. The Morgan fingerprint density at radius 1 is 1.30 bits per heavy atom. The van der Waals surface area contributed by atoms with E-state index in [1.54, 1.807) is 6.07 Å². The van der Waals surface area contributed by atoms with Crippen LogP contribution in [-0.4, -0.2) is 26.7 Å². The molecule has 2 heterocycles. The molecular weight excluding hydrogens is 270 g/mol. The molecule has 1 fully saturated rings. The van der Waals surface area contributed by atoms with Gasteiger partial charge in [0.05, 0.1) is 17.1 Å². The van der Waals surface area contributed by atoms with Crippen molar-refractivity contribution in [1.29, 1.82) is 5.26 Å². The summed E-state index contributed by atoms with van der Waals surface area (Å²) in [5, 5.41) is 13.5. The fourth-order valence-electron chi connectivity index (χ4n) is 2.49. The van der Waals surface area contributed by atoms with Gasteiger partial charge in [-0.3, -0.25) is 4.21 Å². The molecule has 4 nitrogen and oxygen atoms in total. The van der Waals surface area contributed by atoms with Crippen molar-refractivity contribution < 1.29 is 4.21 Å². The van der Waals surface area contributed by atoms with Crippen LogP contribution in [0.4, 0.5) is 5.82 Å². The third-order valence-electron chi connectivity index (χ3n) is 3.58. The monoisotopic (exact) mass is 285 g/mol. The molecule has 1 aromatic heterocycles. The second kappa shape index (κ2) is 5.59. The first-order chi connectivity index (χ1) is 9.76. The van der Waals surface area contributed by atoms with Crippen LogP contribution in [0, 0.1) is 11.3 Å². The minimum atomic E-state index is -0.660. The molecule has 0 radical (unpaired) electrons. The molecule has 1 aromatic carbocycles. The predicted molar refractivity (Wildman–Crippen MR) is 81.0 cm³/mol. The van der Waals surface area contributed by atoms with Gasteiger partial charge in [-0.05, 0) is 25.0 Å². The summed E-state index contributed by atoms with van der Waals surface area (Å²) in [4.78, 5) is 4.56. The van der Waals surface area contributed by atoms with Crippen molar-refractivity contribution in [3.05, 3.63) is 35.9 Å². The van der Waals surface area contributed by atoms with E-state index in [0.29, 0.717) is 11.6 Å². The first-order valence-electron chi connectivity index (χ1n) is 6.67. The smallest absolute Gasteiger partial charge is 0.128 e. The van der Waals surface area contributed by atoms with Crippen molar-refractivity contribution in [1.82, 2.24) is 4.98 Å². The van der Waals surface area contributed by atoms with E-state index in [2.05, 4.69) is 16.4 Å². The summed E-state index contributed by atoms with van der Waals surface area (Å²) in [6, 6.07) is 12.0. The first kappa shape index (κ1) is 13.1. The summed E-state index contributed by atoms with van der Waals surface area (Å²) in [6.45, 7) is 0. The zero-order chi connectivity index (χ0) is 13.9. The molecule has 2 aromatic rings. The number of fused-ring (bicyclic) bond motifs is 1. The lowest BCUT2D eigenvalue weighted by atomic mass is 10.1. The number of rotatable bonds is 2. The number of hydrogen-bond acceptors (Lipinski definition) is 4. The Morgan fingerprint density at radius 3 is 2.80 bits per heavy atom. The molecule has 0 saturated carbocycles. The van der Waals surface area contributed by atoms with E-state index in [0.717, 1.165) is 41.1 Å². The average molecular weight is 285 g/mol. The molecule has 0 bridgehead atoms. The quantitative estimate of drug-likeness (QED) is 0.920. The van der Waals surface area contributed by atoms with Crippen LogP contribution in [0.25, 0.3) is 10.9 Å². The lowest BCUT2D eigenvalue weighted by molar-refractivity contribution is 0.623. The highest BCUT2D eigenvalue weighted by atomic mass is 32.2.